The van der Waals surface area contributed by atoms with Crippen LogP contribution in [0.15, 0.2) is 42.7 Å². The number of halogens is 2. The summed E-state index contributed by atoms with van der Waals surface area (Å²) in [6.07, 6.45) is 1.71. The lowest BCUT2D eigenvalue weighted by atomic mass is 10.1. The second kappa shape index (κ2) is 7.05. The number of nitrogens with zero attached hydrogens (tertiary/aromatic N) is 2. The predicted molar refractivity (Wildman–Crippen MR) is 93.3 cm³/mol. The van der Waals surface area contributed by atoms with E-state index in [1.165, 1.54) is 0 Å². The Morgan fingerprint density at radius 1 is 1.15 bits per heavy atom. The van der Waals surface area contributed by atoms with Crippen molar-refractivity contribution in [1.82, 2.24) is 9.55 Å². The van der Waals surface area contributed by atoms with Gasteiger partial charge in [0.2, 0.25) is 0 Å². The molecule has 3 aromatic rings. The molecule has 7 heteroatoms. The summed E-state index contributed by atoms with van der Waals surface area (Å²) < 4.78 is 29.3. The van der Waals surface area contributed by atoms with Gasteiger partial charge in [-0.15, -0.1) is 0 Å². The molecule has 5 nitrogen and oxygen atoms in total. The number of aliphatic hydroxyl groups excluding tert-OH is 1. The fraction of sp³-hybridized carbons (Fsp3) is 0.158. The third kappa shape index (κ3) is 3.34. The van der Waals surface area contributed by atoms with Crippen LogP contribution >= 0.6 is 0 Å². The molecule has 2 aromatic carbocycles. The van der Waals surface area contributed by atoms with Crippen molar-refractivity contribution in [1.29, 1.82) is 0 Å². The maximum absolute atomic E-state index is 13.7. The highest BCUT2D eigenvalue weighted by Gasteiger charge is 2.15. The van der Waals surface area contributed by atoms with Crippen LogP contribution in [0.1, 0.15) is 27.3 Å². The number of aromatic nitrogens is 2. The lowest BCUT2D eigenvalue weighted by Crippen LogP contribution is -2.13. The minimum absolute atomic E-state index is 0.164. The van der Waals surface area contributed by atoms with Crippen LogP contribution < -0.4 is 5.32 Å². The molecule has 0 aliphatic rings. The number of rotatable bonds is 4. The largest absolute Gasteiger partial charge is 0.391 e. The van der Waals surface area contributed by atoms with Crippen molar-refractivity contribution in [2.45, 2.75) is 20.5 Å². The Labute approximate surface area is 148 Å². The van der Waals surface area contributed by atoms with Gasteiger partial charge in [0.25, 0.3) is 5.91 Å². The summed E-state index contributed by atoms with van der Waals surface area (Å²) in [5.74, 6) is -2.56. The normalized spacial score (nSPS) is 10.8. The van der Waals surface area contributed by atoms with Gasteiger partial charge in [-0.1, -0.05) is 0 Å². The van der Waals surface area contributed by atoms with Gasteiger partial charge in [-0.3, -0.25) is 4.79 Å². The third-order valence-electron chi connectivity index (χ3n) is 4.22. The molecule has 0 saturated carbocycles. The molecule has 1 amide bonds. The monoisotopic (exact) mass is 357 g/mol. The molecule has 0 bridgehead atoms. The van der Waals surface area contributed by atoms with Crippen molar-refractivity contribution in [3.63, 3.8) is 0 Å². The first-order valence-electron chi connectivity index (χ1n) is 7.92. The van der Waals surface area contributed by atoms with Crippen molar-refractivity contribution < 1.29 is 18.7 Å². The van der Waals surface area contributed by atoms with E-state index < -0.39 is 29.7 Å². The molecule has 2 N–H and O–H groups in total. The number of anilines is 1. The number of hydrogen-bond acceptors (Lipinski definition) is 3. The molecule has 0 atom stereocenters. The molecule has 0 aliphatic heterocycles. The van der Waals surface area contributed by atoms with E-state index in [0.717, 1.165) is 29.2 Å². The average molecular weight is 357 g/mol. The molecule has 26 heavy (non-hydrogen) atoms. The molecular weight excluding hydrogens is 340 g/mol. The first-order valence-corrected chi connectivity index (χ1v) is 7.92. The molecule has 1 aromatic heterocycles. The van der Waals surface area contributed by atoms with E-state index in [1.54, 1.807) is 30.6 Å². The van der Waals surface area contributed by atoms with E-state index in [1.807, 2.05) is 18.4 Å². The first-order chi connectivity index (χ1) is 12.4. The number of amides is 1. The second-order valence-electron chi connectivity index (χ2n) is 5.86. The number of carbonyl (C=O) groups excluding carboxylic acids is 1. The molecule has 0 unspecified atom stereocenters. The zero-order chi connectivity index (χ0) is 18.8. The molecule has 0 fully saturated rings. The van der Waals surface area contributed by atoms with Crippen molar-refractivity contribution in [2.75, 3.05) is 5.32 Å². The number of hydrogen-bond donors (Lipinski definition) is 2. The smallest absolute Gasteiger partial charge is 0.255 e. The lowest BCUT2D eigenvalue weighted by Gasteiger charge is -2.10. The van der Waals surface area contributed by atoms with Crippen LogP contribution in [-0.4, -0.2) is 20.6 Å². The van der Waals surface area contributed by atoms with Crippen LogP contribution in [-0.2, 0) is 6.61 Å². The number of nitrogens with one attached hydrogen (secondary N) is 1. The van der Waals surface area contributed by atoms with Crippen LogP contribution in [0, 0.1) is 25.5 Å². The maximum Gasteiger partial charge on any atom is 0.255 e. The first kappa shape index (κ1) is 17.8. The number of benzene rings is 2. The highest BCUT2D eigenvalue weighted by Crippen LogP contribution is 2.19. The van der Waals surface area contributed by atoms with Crippen LogP contribution in [0.3, 0.4) is 0 Å². The second-order valence-corrected chi connectivity index (χ2v) is 5.86. The predicted octanol–water partition coefficient (Wildman–Crippen LogP) is 3.51. The molecule has 0 aliphatic carbocycles. The van der Waals surface area contributed by atoms with Gasteiger partial charge in [-0.25, -0.2) is 13.8 Å². The van der Waals surface area contributed by atoms with Gasteiger partial charge in [-0.2, -0.15) is 0 Å². The minimum Gasteiger partial charge on any atom is -0.391 e. The molecule has 1 heterocycles. The SMILES string of the molecule is Cc1ncn(-c2ccc(NC(=O)c3cc(F)c(CO)c(F)c3)cc2)c1C. The van der Waals surface area contributed by atoms with E-state index >= 15 is 0 Å². The van der Waals surface area contributed by atoms with Gasteiger partial charge >= 0.3 is 0 Å². The summed E-state index contributed by atoms with van der Waals surface area (Å²) in [5, 5.41) is 11.5. The highest BCUT2D eigenvalue weighted by molar-refractivity contribution is 6.04. The van der Waals surface area contributed by atoms with E-state index in [2.05, 4.69) is 10.3 Å². The van der Waals surface area contributed by atoms with Crippen LogP contribution in [0.2, 0.25) is 0 Å². The lowest BCUT2D eigenvalue weighted by molar-refractivity contribution is 0.102. The van der Waals surface area contributed by atoms with E-state index in [9.17, 15) is 13.6 Å². The van der Waals surface area contributed by atoms with Crippen molar-refractivity contribution in [3.05, 3.63) is 76.9 Å². The minimum atomic E-state index is -0.959. The summed E-state index contributed by atoms with van der Waals surface area (Å²) in [6.45, 7) is 3.10. The van der Waals surface area contributed by atoms with E-state index in [0.29, 0.717) is 5.69 Å². The topological polar surface area (TPSA) is 67.2 Å². The van der Waals surface area contributed by atoms with Gasteiger partial charge in [0, 0.05) is 28.2 Å². The van der Waals surface area contributed by atoms with Gasteiger partial charge in [0.1, 0.15) is 11.6 Å². The molecule has 134 valence electrons. The Morgan fingerprint density at radius 2 is 1.77 bits per heavy atom. The Bertz CT molecular complexity index is 942. The Balaban J connectivity index is 1.79. The van der Waals surface area contributed by atoms with Crippen LogP contribution in [0.25, 0.3) is 5.69 Å². The average Bonchev–Trinajstić information content (AvgIpc) is 2.94. The van der Waals surface area contributed by atoms with Gasteiger partial charge in [-0.05, 0) is 50.2 Å². The molecular formula is C19H17F2N3O2. The van der Waals surface area contributed by atoms with Gasteiger partial charge < -0.3 is 15.0 Å². The molecule has 0 saturated heterocycles. The van der Waals surface area contributed by atoms with Gasteiger partial charge in [0.05, 0.1) is 18.6 Å². The summed E-state index contributed by atoms with van der Waals surface area (Å²) in [6, 6.07) is 8.79. The standard InChI is InChI=1S/C19H17F2N3O2/c1-11-12(2)24(10-22-11)15-5-3-14(4-6-15)23-19(26)13-7-17(20)16(9-25)18(21)8-13/h3-8,10,25H,9H2,1-2H3,(H,23,26). The number of imidazole rings is 1. The number of aliphatic hydroxyl groups is 1. The van der Waals surface area contributed by atoms with Crippen molar-refractivity contribution >= 4 is 11.6 Å². The quantitative estimate of drug-likeness (QED) is 0.751. The summed E-state index contributed by atoms with van der Waals surface area (Å²) >= 11 is 0. The van der Waals surface area contributed by atoms with E-state index in [4.69, 9.17) is 5.11 Å². The zero-order valence-corrected chi connectivity index (χ0v) is 14.3. The fourth-order valence-electron chi connectivity index (χ4n) is 2.55. The van der Waals surface area contributed by atoms with Crippen molar-refractivity contribution in [3.8, 4) is 5.69 Å². The van der Waals surface area contributed by atoms with Crippen LogP contribution in [0.5, 0.6) is 0 Å². The third-order valence-corrected chi connectivity index (χ3v) is 4.22. The zero-order valence-electron chi connectivity index (χ0n) is 14.3. The Hall–Kier alpha value is -3.06. The van der Waals surface area contributed by atoms with E-state index in [-0.39, 0.29) is 5.56 Å². The molecule has 0 spiro atoms. The summed E-state index contributed by atoms with van der Waals surface area (Å²) in [4.78, 5) is 16.4. The van der Waals surface area contributed by atoms with Gasteiger partial charge in [0.15, 0.2) is 0 Å². The Kier molecular flexibility index (Phi) is 4.81. The fourth-order valence-corrected chi connectivity index (χ4v) is 2.55. The van der Waals surface area contributed by atoms with Crippen LogP contribution in [0.4, 0.5) is 14.5 Å². The molecule has 0 radical (unpaired) electrons. The number of aryl methyl sites for hydroxylation is 1. The Morgan fingerprint density at radius 3 is 2.27 bits per heavy atom. The highest BCUT2D eigenvalue weighted by atomic mass is 19.1. The van der Waals surface area contributed by atoms with Crippen molar-refractivity contribution in [2.24, 2.45) is 0 Å². The summed E-state index contributed by atoms with van der Waals surface area (Å²) in [5.41, 5.74) is 2.68. The number of carbonyl (C=O) groups is 1. The molecule has 3 rings (SSSR count). The maximum atomic E-state index is 13.7. The summed E-state index contributed by atoms with van der Waals surface area (Å²) in [7, 11) is 0.